The molecule has 0 spiro atoms. The number of hydrogen-bond acceptors (Lipinski definition) is 3. The molecule has 2 N–H and O–H groups in total. The van der Waals surface area contributed by atoms with E-state index < -0.39 is 0 Å². The maximum atomic E-state index is 12.2. The second kappa shape index (κ2) is 6.85. The molecule has 1 amide bonds. The minimum atomic E-state index is 0.0453. The average molecular weight is 278 g/mol. The number of carbonyl (C=O) groups excluding carboxylic acids is 1. The zero-order valence-corrected chi connectivity index (χ0v) is 12.4. The molecule has 0 bridgehead atoms. The highest BCUT2D eigenvalue weighted by Gasteiger charge is 2.24. The Bertz CT molecular complexity index is 436. The van der Waals surface area contributed by atoms with Gasteiger partial charge in [-0.05, 0) is 30.7 Å². The van der Waals surface area contributed by atoms with Crippen LogP contribution >= 0.6 is 11.8 Å². The molecule has 1 aliphatic rings. The van der Waals surface area contributed by atoms with Crippen molar-refractivity contribution in [2.45, 2.75) is 26.3 Å². The van der Waals surface area contributed by atoms with Crippen molar-refractivity contribution in [3.63, 3.8) is 0 Å². The minimum Gasteiger partial charge on any atom is -0.384 e. The molecule has 19 heavy (non-hydrogen) atoms. The number of nitrogens with one attached hydrogen (secondary N) is 2. The number of benzene rings is 1. The monoisotopic (exact) mass is 278 g/mol. The SMILES string of the molecule is CCSCC(C)NC(=O)C1CNc2ccccc2C1. The third kappa shape index (κ3) is 3.90. The first-order chi connectivity index (χ1) is 9.20. The Kier molecular flexibility index (Phi) is 5.14. The predicted molar refractivity (Wildman–Crippen MR) is 82.7 cm³/mol. The number of rotatable bonds is 5. The van der Waals surface area contributed by atoms with Gasteiger partial charge in [-0.25, -0.2) is 0 Å². The fraction of sp³-hybridized carbons (Fsp3) is 0.533. The zero-order chi connectivity index (χ0) is 13.7. The highest BCUT2D eigenvalue weighted by Crippen LogP contribution is 2.24. The van der Waals surface area contributed by atoms with Crippen molar-refractivity contribution in [2.75, 3.05) is 23.4 Å². The van der Waals surface area contributed by atoms with Crippen LogP contribution in [0.1, 0.15) is 19.4 Å². The first kappa shape index (κ1) is 14.3. The molecule has 0 saturated heterocycles. The number of amides is 1. The van der Waals surface area contributed by atoms with E-state index in [9.17, 15) is 4.79 Å². The van der Waals surface area contributed by atoms with Crippen LogP contribution in [-0.4, -0.2) is 30.0 Å². The molecule has 0 fully saturated rings. The van der Waals surface area contributed by atoms with Gasteiger partial charge in [0, 0.05) is 24.0 Å². The number of anilines is 1. The molecule has 104 valence electrons. The topological polar surface area (TPSA) is 41.1 Å². The fourth-order valence-corrected chi connectivity index (χ4v) is 3.00. The van der Waals surface area contributed by atoms with E-state index in [-0.39, 0.29) is 17.9 Å². The van der Waals surface area contributed by atoms with Crippen molar-refractivity contribution in [1.82, 2.24) is 5.32 Å². The van der Waals surface area contributed by atoms with E-state index in [0.717, 1.165) is 24.5 Å². The van der Waals surface area contributed by atoms with Crippen LogP contribution in [-0.2, 0) is 11.2 Å². The Morgan fingerprint density at radius 2 is 2.32 bits per heavy atom. The smallest absolute Gasteiger partial charge is 0.225 e. The third-order valence-electron chi connectivity index (χ3n) is 3.35. The highest BCUT2D eigenvalue weighted by molar-refractivity contribution is 7.99. The summed E-state index contributed by atoms with van der Waals surface area (Å²) in [7, 11) is 0. The van der Waals surface area contributed by atoms with E-state index in [1.54, 1.807) is 0 Å². The first-order valence-electron chi connectivity index (χ1n) is 6.90. The van der Waals surface area contributed by atoms with Crippen LogP contribution < -0.4 is 10.6 Å². The van der Waals surface area contributed by atoms with Crippen molar-refractivity contribution >= 4 is 23.4 Å². The van der Waals surface area contributed by atoms with Crippen molar-refractivity contribution in [2.24, 2.45) is 5.92 Å². The molecule has 1 heterocycles. The highest BCUT2D eigenvalue weighted by atomic mass is 32.2. The lowest BCUT2D eigenvalue weighted by atomic mass is 9.93. The predicted octanol–water partition coefficient (Wildman–Crippen LogP) is 2.53. The molecule has 3 nitrogen and oxygen atoms in total. The second-order valence-corrected chi connectivity index (χ2v) is 6.33. The normalized spacial score (nSPS) is 19.2. The van der Waals surface area contributed by atoms with E-state index in [1.807, 2.05) is 23.9 Å². The zero-order valence-electron chi connectivity index (χ0n) is 11.6. The molecular formula is C15H22N2OS. The van der Waals surface area contributed by atoms with Gasteiger partial charge in [-0.3, -0.25) is 4.79 Å². The Morgan fingerprint density at radius 3 is 3.11 bits per heavy atom. The van der Waals surface area contributed by atoms with Gasteiger partial charge in [-0.2, -0.15) is 11.8 Å². The largest absolute Gasteiger partial charge is 0.384 e. The van der Waals surface area contributed by atoms with Gasteiger partial charge >= 0.3 is 0 Å². The summed E-state index contributed by atoms with van der Waals surface area (Å²) in [6.45, 7) is 4.95. The molecule has 1 aromatic carbocycles. The molecular weight excluding hydrogens is 256 g/mol. The quantitative estimate of drug-likeness (QED) is 0.869. The Labute approximate surface area is 119 Å². The summed E-state index contributed by atoms with van der Waals surface area (Å²) in [6, 6.07) is 8.47. The van der Waals surface area contributed by atoms with E-state index in [0.29, 0.717) is 0 Å². The average Bonchev–Trinajstić information content (AvgIpc) is 2.44. The van der Waals surface area contributed by atoms with Crippen molar-refractivity contribution in [3.8, 4) is 0 Å². The van der Waals surface area contributed by atoms with Gasteiger partial charge in [0.05, 0.1) is 5.92 Å². The van der Waals surface area contributed by atoms with Crippen LogP contribution in [0.4, 0.5) is 5.69 Å². The van der Waals surface area contributed by atoms with Gasteiger partial charge in [0.25, 0.3) is 0 Å². The van der Waals surface area contributed by atoms with Gasteiger partial charge < -0.3 is 10.6 Å². The van der Waals surface area contributed by atoms with Crippen LogP contribution in [0.25, 0.3) is 0 Å². The lowest BCUT2D eigenvalue weighted by Crippen LogP contribution is -2.42. The molecule has 2 unspecified atom stereocenters. The molecule has 1 aromatic rings. The summed E-state index contributed by atoms with van der Waals surface area (Å²) in [5.41, 5.74) is 2.41. The molecule has 0 aliphatic carbocycles. The number of hydrogen-bond donors (Lipinski definition) is 2. The van der Waals surface area contributed by atoms with Crippen LogP contribution in [0.15, 0.2) is 24.3 Å². The van der Waals surface area contributed by atoms with Gasteiger partial charge in [0.2, 0.25) is 5.91 Å². The molecule has 1 aliphatic heterocycles. The van der Waals surface area contributed by atoms with Gasteiger partial charge in [0.1, 0.15) is 0 Å². The number of para-hydroxylation sites is 1. The first-order valence-corrected chi connectivity index (χ1v) is 8.06. The van der Waals surface area contributed by atoms with E-state index in [2.05, 4.69) is 36.6 Å². The maximum Gasteiger partial charge on any atom is 0.225 e. The van der Waals surface area contributed by atoms with E-state index >= 15 is 0 Å². The molecule has 0 radical (unpaired) electrons. The van der Waals surface area contributed by atoms with Crippen LogP contribution in [0, 0.1) is 5.92 Å². The van der Waals surface area contributed by atoms with Crippen LogP contribution in [0.3, 0.4) is 0 Å². The number of thioether (sulfide) groups is 1. The Hall–Kier alpha value is -1.16. The fourth-order valence-electron chi connectivity index (χ4n) is 2.32. The lowest BCUT2D eigenvalue weighted by molar-refractivity contribution is -0.125. The summed E-state index contributed by atoms with van der Waals surface area (Å²) in [5.74, 6) is 2.30. The maximum absolute atomic E-state index is 12.2. The number of carbonyl (C=O) groups is 1. The second-order valence-electron chi connectivity index (χ2n) is 5.01. The third-order valence-corrected chi connectivity index (χ3v) is 4.50. The van der Waals surface area contributed by atoms with Crippen molar-refractivity contribution in [1.29, 1.82) is 0 Å². The summed E-state index contributed by atoms with van der Waals surface area (Å²) in [6.07, 6.45) is 0.836. The lowest BCUT2D eigenvalue weighted by Gasteiger charge is -2.26. The Morgan fingerprint density at radius 1 is 1.53 bits per heavy atom. The van der Waals surface area contributed by atoms with Crippen LogP contribution in [0.2, 0.25) is 0 Å². The van der Waals surface area contributed by atoms with Gasteiger partial charge in [-0.1, -0.05) is 25.1 Å². The molecule has 2 rings (SSSR count). The molecule has 2 atom stereocenters. The summed E-state index contributed by atoms with van der Waals surface area (Å²) >= 11 is 1.86. The summed E-state index contributed by atoms with van der Waals surface area (Å²) in [4.78, 5) is 12.2. The van der Waals surface area contributed by atoms with Crippen molar-refractivity contribution < 1.29 is 4.79 Å². The molecule has 4 heteroatoms. The molecule has 0 aromatic heterocycles. The molecule has 0 saturated carbocycles. The number of fused-ring (bicyclic) bond motifs is 1. The minimum absolute atomic E-state index is 0.0453. The van der Waals surface area contributed by atoms with E-state index in [1.165, 1.54) is 11.3 Å². The standard InChI is InChI=1S/C15H22N2OS/c1-3-19-10-11(2)17-15(18)13-8-12-6-4-5-7-14(12)16-9-13/h4-7,11,13,16H,3,8-10H2,1-2H3,(H,17,18). The van der Waals surface area contributed by atoms with Crippen molar-refractivity contribution in [3.05, 3.63) is 29.8 Å². The summed E-state index contributed by atoms with van der Waals surface area (Å²) in [5, 5.41) is 6.46. The Balaban J connectivity index is 1.88. The van der Waals surface area contributed by atoms with Gasteiger partial charge in [-0.15, -0.1) is 0 Å². The van der Waals surface area contributed by atoms with Gasteiger partial charge in [0.15, 0.2) is 0 Å². The van der Waals surface area contributed by atoms with Crippen LogP contribution in [0.5, 0.6) is 0 Å². The van der Waals surface area contributed by atoms with E-state index in [4.69, 9.17) is 0 Å². The summed E-state index contributed by atoms with van der Waals surface area (Å²) < 4.78 is 0.